The van der Waals surface area contributed by atoms with Crippen LogP contribution in [-0.4, -0.2) is 17.1 Å². The summed E-state index contributed by atoms with van der Waals surface area (Å²) in [6.45, 7) is 0. The molecule has 1 aromatic rings. The van der Waals surface area contributed by atoms with Crippen LogP contribution in [0.2, 0.25) is 0 Å². The van der Waals surface area contributed by atoms with E-state index in [0.717, 1.165) is 0 Å². The Balaban J connectivity index is 1.82. The maximum Gasteiger partial charge on any atom is 0.0717 e. The van der Waals surface area contributed by atoms with Crippen molar-refractivity contribution in [1.29, 1.82) is 0 Å². The zero-order chi connectivity index (χ0) is 12.7. The number of thioether (sulfide) groups is 6. The Bertz CT molecular complexity index is 512. The molecule has 0 aromatic carbocycles. The summed E-state index contributed by atoms with van der Waals surface area (Å²) < 4.78 is 7.95. The molecule has 96 valence electrons. The first kappa shape index (κ1) is 13.8. The molecule has 18 heavy (non-hydrogen) atoms. The van der Waals surface area contributed by atoms with Crippen LogP contribution in [0.15, 0.2) is 39.1 Å². The van der Waals surface area contributed by atoms with Crippen molar-refractivity contribution in [3.63, 3.8) is 0 Å². The third kappa shape index (κ3) is 2.54. The van der Waals surface area contributed by atoms with E-state index in [1.165, 1.54) is 26.7 Å². The van der Waals surface area contributed by atoms with E-state index in [-0.39, 0.29) is 0 Å². The van der Waals surface area contributed by atoms with E-state index in [4.69, 9.17) is 0 Å². The van der Waals surface area contributed by atoms with Gasteiger partial charge in [0.25, 0.3) is 0 Å². The van der Waals surface area contributed by atoms with E-state index in [1.54, 1.807) is 0 Å². The molecule has 3 heterocycles. The van der Waals surface area contributed by atoms with Gasteiger partial charge in [-0.05, 0) is 12.5 Å². The van der Waals surface area contributed by atoms with E-state index in [9.17, 15) is 0 Å². The van der Waals surface area contributed by atoms with E-state index in [1.807, 2.05) is 70.6 Å². The largest absolute Gasteiger partial charge is 0.355 e. The van der Waals surface area contributed by atoms with Crippen molar-refractivity contribution in [2.75, 3.05) is 12.5 Å². The third-order valence-corrected chi connectivity index (χ3v) is 10.6. The SMILES string of the molecule is CSC1=C(SC)SC(=C2Sc3cn(C)cc3S2)S1. The average Bonchev–Trinajstić information content (AvgIpc) is 2.99. The Morgan fingerprint density at radius 1 is 0.833 bits per heavy atom. The molecule has 0 saturated heterocycles. The van der Waals surface area contributed by atoms with E-state index in [0.29, 0.717) is 0 Å². The van der Waals surface area contributed by atoms with Gasteiger partial charge in [-0.2, -0.15) is 0 Å². The molecule has 0 radical (unpaired) electrons. The predicted molar refractivity (Wildman–Crippen MR) is 93.4 cm³/mol. The van der Waals surface area contributed by atoms with Gasteiger partial charge in [0, 0.05) is 29.2 Å². The molecular weight excluding hydrogens is 339 g/mol. The molecule has 0 aliphatic carbocycles. The molecule has 3 rings (SSSR count). The van der Waals surface area contributed by atoms with Crippen molar-refractivity contribution >= 4 is 70.6 Å². The van der Waals surface area contributed by atoms with Gasteiger partial charge in [0.15, 0.2) is 0 Å². The summed E-state index contributed by atoms with van der Waals surface area (Å²) in [7, 11) is 2.09. The summed E-state index contributed by atoms with van der Waals surface area (Å²) in [5.74, 6) is 0. The first-order valence-corrected chi connectivity index (χ1v) is 10.9. The highest BCUT2D eigenvalue weighted by atomic mass is 32.3. The number of aromatic nitrogens is 1. The van der Waals surface area contributed by atoms with Gasteiger partial charge in [0.1, 0.15) is 0 Å². The molecule has 0 atom stereocenters. The molecule has 0 fully saturated rings. The van der Waals surface area contributed by atoms with Gasteiger partial charge in [-0.25, -0.2) is 0 Å². The minimum absolute atomic E-state index is 1.40. The fourth-order valence-corrected chi connectivity index (χ4v) is 9.52. The van der Waals surface area contributed by atoms with E-state index < -0.39 is 0 Å². The zero-order valence-electron chi connectivity index (χ0n) is 10.1. The number of aryl methyl sites for hydroxylation is 1. The topological polar surface area (TPSA) is 4.93 Å². The Kier molecular flexibility index (Phi) is 4.37. The van der Waals surface area contributed by atoms with Crippen LogP contribution in [0.4, 0.5) is 0 Å². The number of hydrogen-bond acceptors (Lipinski definition) is 6. The van der Waals surface area contributed by atoms with Crippen molar-refractivity contribution in [3.05, 3.63) is 29.3 Å². The summed E-state index contributed by atoms with van der Waals surface area (Å²) >= 11 is 11.4. The molecular formula is C11H11NS6. The third-order valence-electron chi connectivity index (χ3n) is 2.36. The second-order valence-corrected chi connectivity index (χ2v) is 10.4. The molecule has 0 amide bonds. The van der Waals surface area contributed by atoms with Crippen molar-refractivity contribution in [2.45, 2.75) is 9.79 Å². The highest BCUT2D eigenvalue weighted by Gasteiger charge is 2.28. The first-order chi connectivity index (χ1) is 8.71. The first-order valence-electron chi connectivity index (χ1n) is 5.15. The van der Waals surface area contributed by atoms with Gasteiger partial charge < -0.3 is 4.57 Å². The molecule has 7 heteroatoms. The van der Waals surface area contributed by atoms with Crippen LogP contribution in [0, 0.1) is 0 Å². The van der Waals surface area contributed by atoms with Gasteiger partial charge in [0.2, 0.25) is 0 Å². The smallest absolute Gasteiger partial charge is 0.0717 e. The molecule has 2 aliphatic rings. The maximum atomic E-state index is 2.21. The molecule has 0 bridgehead atoms. The van der Waals surface area contributed by atoms with Crippen LogP contribution in [-0.2, 0) is 7.05 Å². The number of rotatable bonds is 2. The highest BCUT2D eigenvalue weighted by molar-refractivity contribution is 8.41. The molecule has 0 N–H and O–H groups in total. The van der Waals surface area contributed by atoms with Gasteiger partial charge in [0.05, 0.1) is 16.9 Å². The van der Waals surface area contributed by atoms with Crippen molar-refractivity contribution in [2.24, 2.45) is 7.05 Å². The van der Waals surface area contributed by atoms with Crippen LogP contribution in [0.1, 0.15) is 0 Å². The van der Waals surface area contributed by atoms with Gasteiger partial charge >= 0.3 is 0 Å². The Morgan fingerprint density at radius 2 is 1.28 bits per heavy atom. The Hall–Kier alpha value is 0.860. The van der Waals surface area contributed by atoms with Crippen LogP contribution >= 0.6 is 70.6 Å². The van der Waals surface area contributed by atoms with Crippen LogP contribution < -0.4 is 0 Å². The van der Waals surface area contributed by atoms with E-state index >= 15 is 0 Å². The second kappa shape index (κ2) is 5.69. The van der Waals surface area contributed by atoms with Crippen molar-refractivity contribution < 1.29 is 0 Å². The average molecular weight is 350 g/mol. The highest BCUT2D eigenvalue weighted by Crippen LogP contribution is 2.63. The molecule has 1 aromatic heterocycles. The van der Waals surface area contributed by atoms with Crippen LogP contribution in [0.25, 0.3) is 0 Å². The normalized spacial score (nSPS) is 19.1. The monoisotopic (exact) mass is 349 g/mol. The number of fused-ring (bicyclic) bond motifs is 1. The fraction of sp³-hybridized carbons (Fsp3) is 0.273. The molecule has 0 unspecified atom stereocenters. The summed E-state index contributed by atoms with van der Waals surface area (Å²) in [5, 5.41) is 0. The standard InChI is InChI=1S/C11H11NS6/c1-12-4-6-7(5-12)16-10(15-6)11-17-8(13-2)9(14-3)18-11/h4-5H,1-3H3. The molecule has 2 aliphatic heterocycles. The minimum atomic E-state index is 1.40. The fourth-order valence-electron chi connectivity index (χ4n) is 1.60. The second-order valence-electron chi connectivity index (χ2n) is 3.62. The van der Waals surface area contributed by atoms with Gasteiger partial charge in [-0.1, -0.05) is 47.0 Å². The van der Waals surface area contributed by atoms with Crippen LogP contribution in [0.5, 0.6) is 0 Å². The van der Waals surface area contributed by atoms with Gasteiger partial charge in [-0.15, -0.1) is 23.5 Å². The Morgan fingerprint density at radius 3 is 1.72 bits per heavy atom. The minimum Gasteiger partial charge on any atom is -0.355 e. The molecule has 0 spiro atoms. The lowest BCUT2D eigenvalue weighted by Crippen LogP contribution is -1.78. The maximum absolute atomic E-state index is 2.21. The van der Waals surface area contributed by atoms with Crippen molar-refractivity contribution in [3.8, 4) is 0 Å². The van der Waals surface area contributed by atoms with E-state index in [2.05, 4.69) is 36.5 Å². The summed E-state index contributed by atoms with van der Waals surface area (Å²) in [4.78, 5) is 2.80. The van der Waals surface area contributed by atoms with Crippen molar-refractivity contribution in [1.82, 2.24) is 4.57 Å². The Labute approximate surface area is 133 Å². The summed E-state index contributed by atoms with van der Waals surface area (Å²) in [6, 6.07) is 0. The molecule has 0 saturated carbocycles. The zero-order valence-corrected chi connectivity index (χ0v) is 15.0. The number of nitrogens with zero attached hydrogens (tertiary/aromatic N) is 1. The lowest BCUT2D eigenvalue weighted by atomic mass is 10.7. The quantitative estimate of drug-likeness (QED) is 0.671. The lowest BCUT2D eigenvalue weighted by molar-refractivity contribution is 0.916. The summed E-state index contributed by atoms with van der Waals surface area (Å²) in [6.07, 6.45) is 8.75. The van der Waals surface area contributed by atoms with Crippen LogP contribution in [0.3, 0.4) is 0 Å². The lowest BCUT2D eigenvalue weighted by Gasteiger charge is -2.01. The number of hydrogen-bond donors (Lipinski definition) is 0. The predicted octanol–water partition coefficient (Wildman–Crippen LogP) is 5.68. The summed E-state index contributed by atoms with van der Waals surface area (Å²) in [5.41, 5.74) is 0. The van der Waals surface area contributed by atoms with Gasteiger partial charge in [-0.3, -0.25) is 0 Å². The molecule has 1 nitrogen and oxygen atoms in total.